The van der Waals surface area contributed by atoms with Gasteiger partial charge in [-0.2, -0.15) is 0 Å². The molecule has 0 aliphatic rings. The van der Waals surface area contributed by atoms with Gasteiger partial charge in [0, 0.05) is 12.2 Å². The van der Waals surface area contributed by atoms with E-state index in [0.717, 1.165) is 6.42 Å². The van der Waals surface area contributed by atoms with E-state index in [1.165, 1.54) is 13.2 Å². The normalized spacial score (nSPS) is 14.2. The van der Waals surface area contributed by atoms with Crippen LogP contribution in [0.5, 0.6) is 0 Å². The van der Waals surface area contributed by atoms with Crippen molar-refractivity contribution in [1.82, 2.24) is 0 Å². The van der Waals surface area contributed by atoms with E-state index in [0.29, 0.717) is 6.42 Å². The van der Waals surface area contributed by atoms with Gasteiger partial charge >= 0.3 is 0 Å². The Labute approximate surface area is 74.1 Å². The average molecular weight is 192 g/mol. The lowest BCUT2D eigenvalue weighted by atomic mass is 10.0. The minimum Gasteiger partial charge on any atom is -0.300 e. The maximum Gasteiger partial charge on any atom is 0.148 e. The molecule has 0 fully saturated rings. The minimum atomic E-state index is -3.01. The van der Waals surface area contributed by atoms with Crippen molar-refractivity contribution < 1.29 is 13.2 Å². The molecule has 1 atom stereocenters. The standard InChI is InChI=1S/C8H16O3S/c1-4-5-8(7(2)9)6-12(3,10)11/h8H,4-6H2,1-3H3. The first-order valence-corrected chi connectivity index (χ1v) is 6.11. The van der Waals surface area contributed by atoms with Gasteiger partial charge in [0.2, 0.25) is 0 Å². The molecular formula is C8H16O3S. The van der Waals surface area contributed by atoms with Crippen LogP contribution in [0.1, 0.15) is 26.7 Å². The Morgan fingerprint density at radius 1 is 1.42 bits per heavy atom. The van der Waals surface area contributed by atoms with Gasteiger partial charge < -0.3 is 0 Å². The van der Waals surface area contributed by atoms with E-state index in [2.05, 4.69) is 0 Å². The van der Waals surface area contributed by atoms with Crippen LogP contribution < -0.4 is 0 Å². The van der Waals surface area contributed by atoms with Crippen LogP contribution in [0.4, 0.5) is 0 Å². The Hall–Kier alpha value is -0.380. The maximum atomic E-state index is 10.9. The topological polar surface area (TPSA) is 51.2 Å². The summed E-state index contributed by atoms with van der Waals surface area (Å²) >= 11 is 0. The molecule has 0 saturated carbocycles. The molecule has 3 nitrogen and oxygen atoms in total. The molecule has 0 aromatic carbocycles. The molecule has 0 rings (SSSR count). The number of rotatable bonds is 5. The number of Topliss-reactive ketones (excluding diaryl/α,β-unsaturated/α-hetero) is 1. The highest BCUT2D eigenvalue weighted by Crippen LogP contribution is 2.09. The summed E-state index contributed by atoms with van der Waals surface area (Å²) in [4.78, 5) is 10.9. The highest BCUT2D eigenvalue weighted by atomic mass is 32.2. The lowest BCUT2D eigenvalue weighted by molar-refractivity contribution is -0.120. The highest BCUT2D eigenvalue weighted by Gasteiger charge is 2.18. The lowest BCUT2D eigenvalue weighted by Gasteiger charge is -2.10. The van der Waals surface area contributed by atoms with Crippen LogP contribution >= 0.6 is 0 Å². The largest absolute Gasteiger partial charge is 0.300 e. The molecule has 0 aliphatic carbocycles. The van der Waals surface area contributed by atoms with Crippen molar-refractivity contribution in [2.45, 2.75) is 26.7 Å². The van der Waals surface area contributed by atoms with Crippen molar-refractivity contribution in [3.05, 3.63) is 0 Å². The summed E-state index contributed by atoms with van der Waals surface area (Å²) in [6, 6.07) is 0. The molecule has 12 heavy (non-hydrogen) atoms. The molecule has 0 bridgehead atoms. The van der Waals surface area contributed by atoms with Crippen LogP contribution in [0, 0.1) is 5.92 Å². The second kappa shape index (κ2) is 4.60. The molecule has 0 radical (unpaired) electrons. The lowest BCUT2D eigenvalue weighted by Crippen LogP contribution is -2.21. The molecule has 72 valence electrons. The second-order valence-electron chi connectivity index (χ2n) is 3.19. The quantitative estimate of drug-likeness (QED) is 0.654. The summed E-state index contributed by atoms with van der Waals surface area (Å²) in [6.45, 7) is 3.39. The van der Waals surface area contributed by atoms with Gasteiger partial charge in [-0.1, -0.05) is 13.3 Å². The van der Waals surface area contributed by atoms with Crippen LogP contribution in [0.25, 0.3) is 0 Å². The molecule has 0 aromatic heterocycles. The maximum absolute atomic E-state index is 10.9. The van der Waals surface area contributed by atoms with E-state index in [-0.39, 0.29) is 17.5 Å². The van der Waals surface area contributed by atoms with Crippen LogP contribution in [0.3, 0.4) is 0 Å². The van der Waals surface area contributed by atoms with E-state index in [9.17, 15) is 13.2 Å². The zero-order valence-electron chi connectivity index (χ0n) is 7.83. The number of hydrogen-bond acceptors (Lipinski definition) is 3. The van der Waals surface area contributed by atoms with Crippen LogP contribution in [0.15, 0.2) is 0 Å². The van der Waals surface area contributed by atoms with Gasteiger partial charge in [0.25, 0.3) is 0 Å². The monoisotopic (exact) mass is 192 g/mol. The molecule has 0 amide bonds. The number of carbonyl (C=O) groups excluding carboxylic acids is 1. The Morgan fingerprint density at radius 3 is 2.17 bits per heavy atom. The summed E-state index contributed by atoms with van der Waals surface area (Å²) in [6.07, 6.45) is 2.68. The molecule has 0 aliphatic heterocycles. The average Bonchev–Trinajstić information content (AvgIpc) is 1.83. The molecule has 1 unspecified atom stereocenters. The zero-order valence-corrected chi connectivity index (χ0v) is 8.65. The van der Waals surface area contributed by atoms with Gasteiger partial charge in [0.15, 0.2) is 0 Å². The Morgan fingerprint density at radius 2 is 1.92 bits per heavy atom. The Bertz CT molecular complexity index is 241. The van der Waals surface area contributed by atoms with Crippen LogP contribution in [-0.2, 0) is 14.6 Å². The van der Waals surface area contributed by atoms with Crippen molar-refractivity contribution in [1.29, 1.82) is 0 Å². The number of sulfone groups is 1. The third kappa shape index (κ3) is 5.29. The third-order valence-electron chi connectivity index (χ3n) is 1.72. The third-order valence-corrected chi connectivity index (χ3v) is 2.72. The fraction of sp³-hybridized carbons (Fsp3) is 0.875. The Balaban J connectivity index is 4.24. The van der Waals surface area contributed by atoms with E-state index in [1.54, 1.807) is 0 Å². The number of hydrogen-bond donors (Lipinski definition) is 0. The minimum absolute atomic E-state index is 0.00380. The SMILES string of the molecule is CCCC(CS(C)(=O)=O)C(C)=O. The van der Waals surface area contributed by atoms with Crippen LogP contribution in [0.2, 0.25) is 0 Å². The van der Waals surface area contributed by atoms with Gasteiger partial charge in [-0.15, -0.1) is 0 Å². The first kappa shape index (κ1) is 11.6. The molecule has 0 spiro atoms. The van der Waals surface area contributed by atoms with E-state index < -0.39 is 9.84 Å². The van der Waals surface area contributed by atoms with Crippen molar-refractivity contribution in [3.8, 4) is 0 Å². The van der Waals surface area contributed by atoms with Crippen molar-refractivity contribution >= 4 is 15.6 Å². The van der Waals surface area contributed by atoms with E-state index >= 15 is 0 Å². The second-order valence-corrected chi connectivity index (χ2v) is 5.37. The number of carbonyl (C=O) groups is 1. The van der Waals surface area contributed by atoms with Crippen molar-refractivity contribution in [2.24, 2.45) is 5.92 Å². The van der Waals surface area contributed by atoms with Crippen LogP contribution in [-0.4, -0.2) is 26.2 Å². The number of ketones is 1. The summed E-state index contributed by atoms with van der Waals surface area (Å²) in [5.41, 5.74) is 0. The van der Waals surface area contributed by atoms with Crippen molar-refractivity contribution in [2.75, 3.05) is 12.0 Å². The summed E-state index contributed by atoms with van der Waals surface area (Å²) in [5, 5.41) is 0. The highest BCUT2D eigenvalue weighted by molar-refractivity contribution is 7.90. The molecular weight excluding hydrogens is 176 g/mol. The van der Waals surface area contributed by atoms with Gasteiger partial charge in [-0.3, -0.25) is 4.79 Å². The molecule has 0 saturated heterocycles. The first-order valence-electron chi connectivity index (χ1n) is 4.05. The van der Waals surface area contributed by atoms with Gasteiger partial charge in [-0.25, -0.2) is 8.42 Å². The van der Waals surface area contributed by atoms with E-state index in [1.807, 2.05) is 6.92 Å². The Kier molecular flexibility index (Phi) is 4.45. The van der Waals surface area contributed by atoms with Crippen molar-refractivity contribution in [3.63, 3.8) is 0 Å². The predicted molar refractivity (Wildman–Crippen MR) is 48.8 cm³/mol. The van der Waals surface area contributed by atoms with Gasteiger partial charge in [0.05, 0.1) is 5.75 Å². The summed E-state index contributed by atoms with van der Waals surface area (Å²) in [5.74, 6) is -0.330. The predicted octanol–water partition coefficient (Wildman–Crippen LogP) is 1.04. The fourth-order valence-corrected chi connectivity index (χ4v) is 2.25. The molecule has 0 heterocycles. The molecule has 0 aromatic rings. The zero-order chi connectivity index (χ0) is 9.78. The fourth-order valence-electron chi connectivity index (χ4n) is 1.12. The molecule has 0 N–H and O–H groups in total. The van der Waals surface area contributed by atoms with Gasteiger partial charge in [0.1, 0.15) is 15.6 Å². The smallest absolute Gasteiger partial charge is 0.148 e. The van der Waals surface area contributed by atoms with Gasteiger partial charge in [-0.05, 0) is 13.3 Å². The summed E-state index contributed by atoms with van der Waals surface area (Å²) in [7, 11) is -3.01. The molecule has 4 heteroatoms. The first-order chi connectivity index (χ1) is 5.37. The van der Waals surface area contributed by atoms with E-state index in [4.69, 9.17) is 0 Å². The summed E-state index contributed by atoms with van der Waals surface area (Å²) < 4.78 is 21.7.